The molecule has 1 unspecified atom stereocenters. The van der Waals surface area contributed by atoms with Crippen molar-refractivity contribution in [2.75, 3.05) is 18.9 Å². The maximum Gasteiger partial charge on any atom is 0.335 e. The van der Waals surface area contributed by atoms with Gasteiger partial charge in [0, 0.05) is 24.3 Å². The highest BCUT2D eigenvalue weighted by Crippen LogP contribution is 2.33. The van der Waals surface area contributed by atoms with E-state index in [1.165, 1.54) is 18.3 Å². The standard InChI is InChI=1S/C21H18ClN5O3/c1-27-17(10-25-21(27)22)11-5-6-14-16(8-11)24-9-15(19(23)28)18(14)26-13-4-2-3-12(7-13)20(29)30/h2-9,17H,10H2,1H3,(H2,23,28)(H,24,26)(H,29,30). The van der Waals surface area contributed by atoms with Crippen LogP contribution in [0.2, 0.25) is 0 Å². The van der Waals surface area contributed by atoms with Crippen molar-refractivity contribution in [3.63, 3.8) is 0 Å². The molecule has 0 saturated heterocycles. The Morgan fingerprint density at radius 2 is 2.07 bits per heavy atom. The Balaban J connectivity index is 1.79. The van der Waals surface area contributed by atoms with Gasteiger partial charge in [-0.1, -0.05) is 18.2 Å². The van der Waals surface area contributed by atoms with Gasteiger partial charge >= 0.3 is 5.97 Å². The lowest BCUT2D eigenvalue weighted by molar-refractivity contribution is 0.0696. The number of aromatic nitrogens is 1. The van der Waals surface area contributed by atoms with E-state index in [4.69, 9.17) is 17.3 Å². The highest BCUT2D eigenvalue weighted by atomic mass is 35.5. The van der Waals surface area contributed by atoms with Crippen molar-refractivity contribution >= 4 is 51.0 Å². The molecule has 9 heteroatoms. The zero-order valence-corrected chi connectivity index (χ0v) is 16.7. The summed E-state index contributed by atoms with van der Waals surface area (Å²) in [5.41, 5.74) is 8.52. The number of fused-ring (bicyclic) bond motifs is 1. The Morgan fingerprint density at radius 1 is 1.27 bits per heavy atom. The predicted molar refractivity (Wildman–Crippen MR) is 116 cm³/mol. The number of nitrogens with two attached hydrogens (primary N) is 1. The minimum atomic E-state index is -1.04. The van der Waals surface area contributed by atoms with Crippen molar-refractivity contribution in [3.8, 4) is 0 Å². The number of hydrogen-bond donors (Lipinski definition) is 3. The SMILES string of the molecule is CN1C(Cl)=NCC1c1ccc2c(Nc3cccc(C(=O)O)c3)c(C(N)=O)cnc2c1. The second kappa shape index (κ2) is 7.64. The zero-order valence-electron chi connectivity index (χ0n) is 16.0. The fraction of sp³-hybridized carbons (Fsp3) is 0.143. The Bertz CT molecular complexity index is 1210. The van der Waals surface area contributed by atoms with Gasteiger partial charge in [0.05, 0.1) is 34.9 Å². The van der Waals surface area contributed by atoms with Gasteiger partial charge in [-0.3, -0.25) is 14.8 Å². The second-order valence-electron chi connectivity index (χ2n) is 6.94. The quantitative estimate of drug-likeness (QED) is 0.541. The molecule has 152 valence electrons. The molecule has 0 aliphatic carbocycles. The zero-order chi connectivity index (χ0) is 21.4. The number of amidine groups is 1. The number of aliphatic imine (C=N–C) groups is 1. The first-order valence-electron chi connectivity index (χ1n) is 9.11. The van der Waals surface area contributed by atoms with E-state index in [1.807, 2.05) is 30.1 Å². The van der Waals surface area contributed by atoms with Gasteiger partial charge in [0.25, 0.3) is 5.91 Å². The molecule has 30 heavy (non-hydrogen) atoms. The number of halogens is 1. The predicted octanol–water partition coefficient (Wildman–Crippen LogP) is 3.36. The van der Waals surface area contributed by atoms with Gasteiger partial charge in [-0.25, -0.2) is 4.79 Å². The Labute approximate surface area is 177 Å². The lowest BCUT2D eigenvalue weighted by Gasteiger charge is -2.21. The molecule has 1 amide bonds. The van der Waals surface area contributed by atoms with Crippen LogP contribution in [-0.4, -0.2) is 45.8 Å². The molecule has 0 fully saturated rings. The van der Waals surface area contributed by atoms with E-state index in [1.54, 1.807) is 12.1 Å². The van der Waals surface area contributed by atoms with Gasteiger partial charge in [-0.05, 0) is 41.4 Å². The third-order valence-corrected chi connectivity index (χ3v) is 5.46. The van der Waals surface area contributed by atoms with Crippen LogP contribution in [0.15, 0.2) is 53.7 Å². The number of carboxylic acids is 1. The third-order valence-electron chi connectivity index (χ3n) is 5.08. The van der Waals surface area contributed by atoms with Crippen molar-refractivity contribution in [1.29, 1.82) is 0 Å². The molecule has 3 aromatic rings. The molecule has 2 aromatic carbocycles. The van der Waals surface area contributed by atoms with Crippen LogP contribution in [0.3, 0.4) is 0 Å². The van der Waals surface area contributed by atoms with Gasteiger partial charge in [0.1, 0.15) is 0 Å². The average molecular weight is 424 g/mol. The molecular formula is C21H18ClN5O3. The number of primary amides is 1. The summed E-state index contributed by atoms with van der Waals surface area (Å²) in [6.45, 7) is 0.549. The number of carbonyl (C=O) groups is 2. The van der Waals surface area contributed by atoms with Gasteiger partial charge < -0.3 is 21.1 Å². The second-order valence-corrected chi connectivity index (χ2v) is 7.27. The molecule has 1 aromatic heterocycles. The van der Waals surface area contributed by atoms with E-state index < -0.39 is 11.9 Å². The summed E-state index contributed by atoms with van der Waals surface area (Å²) in [5.74, 6) is -1.68. The molecule has 1 aliphatic heterocycles. The number of carbonyl (C=O) groups excluding carboxylic acids is 1. The van der Waals surface area contributed by atoms with Crippen LogP contribution in [0.4, 0.5) is 11.4 Å². The highest BCUT2D eigenvalue weighted by Gasteiger charge is 2.25. The summed E-state index contributed by atoms with van der Waals surface area (Å²) in [4.78, 5) is 33.8. The van der Waals surface area contributed by atoms with Crippen LogP contribution < -0.4 is 11.1 Å². The summed E-state index contributed by atoms with van der Waals surface area (Å²) in [5, 5.41) is 13.5. The maximum atomic E-state index is 12.0. The average Bonchev–Trinajstić information content (AvgIpc) is 3.06. The van der Waals surface area contributed by atoms with E-state index in [9.17, 15) is 14.7 Å². The lowest BCUT2D eigenvalue weighted by atomic mass is 10.0. The summed E-state index contributed by atoms with van der Waals surface area (Å²) in [6.07, 6.45) is 1.42. The van der Waals surface area contributed by atoms with Crippen molar-refractivity contribution in [3.05, 3.63) is 65.4 Å². The van der Waals surface area contributed by atoms with Crippen LogP contribution >= 0.6 is 11.6 Å². The van der Waals surface area contributed by atoms with Crippen molar-refractivity contribution in [2.24, 2.45) is 10.7 Å². The molecule has 0 saturated carbocycles. The minimum absolute atomic E-state index is 0.00294. The van der Waals surface area contributed by atoms with Crippen LogP contribution in [0.1, 0.15) is 32.3 Å². The number of benzene rings is 2. The number of nitrogens with one attached hydrogen (secondary N) is 1. The molecule has 0 radical (unpaired) electrons. The monoisotopic (exact) mass is 423 g/mol. The van der Waals surface area contributed by atoms with Gasteiger partial charge in [0.15, 0.2) is 5.29 Å². The summed E-state index contributed by atoms with van der Waals surface area (Å²) in [7, 11) is 1.87. The maximum absolute atomic E-state index is 12.0. The first kappa shape index (κ1) is 19.7. The molecule has 0 bridgehead atoms. The number of anilines is 2. The number of hydrogen-bond acceptors (Lipinski definition) is 6. The summed E-state index contributed by atoms with van der Waals surface area (Å²) < 4.78 is 0. The van der Waals surface area contributed by atoms with Gasteiger partial charge in [-0.2, -0.15) is 0 Å². The first-order valence-corrected chi connectivity index (χ1v) is 9.48. The number of pyridine rings is 1. The van der Waals surface area contributed by atoms with Crippen LogP contribution in [0.25, 0.3) is 10.9 Å². The molecule has 1 aliphatic rings. The molecule has 4 N–H and O–H groups in total. The number of carboxylic acid groups (broad SMARTS) is 1. The van der Waals surface area contributed by atoms with E-state index in [0.29, 0.717) is 34.1 Å². The molecule has 2 heterocycles. The van der Waals surface area contributed by atoms with Crippen molar-refractivity contribution in [2.45, 2.75) is 6.04 Å². The van der Waals surface area contributed by atoms with Crippen LogP contribution in [0, 0.1) is 0 Å². The normalized spacial score (nSPS) is 15.9. The van der Waals surface area contributed by atoms with Crippen molar-refractivity contribution in [1.82, 2.24) is 9.88 Å². The largest absolute Gasteiger partial charge is 0.478 e. The van der Waals surface area contributed by atoms with Gasteiger partial charge in [-0.15, -0.1) is 0 Å². The molecule has 0 spiro atoms. The number of likely N-dealkylation sites (N-methyl/N-ethyl adjacent to an activating group) is 1. The number of rotatable bonds is 5. The smallest absolute Gasteiger partial charge is 0.335 e. The number of nitrogens with zero attached hydrogens (tertiary/aromatic N) is 3. The highest BCUT2D eigenvalue weighted by molar-refractivity contribution is 6.64. The molecule has 8 nitrogen and oxygen atoms in total. The number of aromatic carboxylic acids is 1. The van der Waals surface area contributed by atoms with E-state index in [-0.39, 0.29) is 17.2 Å². The Kier molecular flexibility index (Phi) is 5.01. The summed E-state index contributed by atoms with van der Waals surface area (Å²) >= 11 is 6.09. The Morgan fingerprint density at radius 3 is 2.73 bits per heavy atom. The fourth-order valence-electron chi connectivity index (χ4n) is 3.47. The van der Waals surface area contributed by atoms with Gasteiger partial charge in [0.2, 0.25) is 0 Å². The molecule has 1 atom stereocenters. The first-order chi connectivity index (χ1) is 14.3. The van der Waals surface area contributed by atoms with E-state index in [0.717, 1.165) is 5.56 Å². The number of amides is 1. The lowest BCUT2D eigenvalue weighted by Crippen LogP contribution is -2.23. The third kappa shape index (κ3) is 3.53. The van der Waals surface area contributed by atoms with Crippen LogP contribution in [-0.2, 0) is 0 Å². The summed E-state index contributed by atoms with van der Waals surface area (Å²) in [6, 6.07) is 12.0. The minimum Gasteiger partial charge on any atom is -0.478 e. The fourth-order valence-corrected chi connectivity index (χ4v) is 3.65. The Hall–Kier alpha value is -3.65. The molecule has 4 rings (SSSR count). The topological polar surface area (TPSA) is 121 Å². The van der Waals surface area contributed by atoms with Crippen LogP contribution in [0.5, 0.6) is 0 Å². The molecular weight excluding hydrogens is 406 g/mol. The van der Waals surface area contributed by atoms with Crippen molar-refractivity contribution < 1.29 is 14.7 Å². The van der Waals surface area contributed by atoms with E-state index in [2.05, 4.69) is 15.3 Å². The van der Waals surface area contributed by atoms with E-state index >= 15 is 0 Å².